The molecule has 0 aliphatic carbocycles. The van der Waals surface area contributed by atoms with Crippen molar-refractivity contribution in [1.82, 2.24) is 0 Å². The summed E-state index contributed by atoms with van der Waals surface area (Å²) in [6.07, 6.45) is -0.150. The zero-order chi connectivity index (χ0) is 13.1. The van der Waals surface area contributed by atoms with Crippen LogP contribution in [0.25, 0.3) is 0 Å². The van der Waals surface area contributed by atoms with Gasteiger partial charge in [0.25, 0.3) is 0 Å². The molecule has 1 aromatic carbocycles. The van der Waals surface area contributed by atoms with Crippen LogP contribution in [-0.2, 0) is 14.3 Å². The zero-order valence-corrected chi connectivity index (χ0v) is 10.3. The molecule has 1 aliphatic rings. The lowest BCUT2D eigenvalue weighted by Crippen LogP contribution is -2.23. The number of carbonyl (C=O) groups is 2. The number of cyclic esters (lactones) is 1. The summed E-state index contributed by atoms with van der Waals surface area (Å²) in [4.78, 5) is 23.0. The number of para-hydroxylation sites is 1. The summed E-state index contributed by atoms with van der Waals surface area (Å²) < 4.78 is 15.1. The van der Waals surface area contributed by atoms with Gasteiger partial charge >= 0.3 is 11.9 Å². The second kappa shape index (κ2) is 5.08. The van der Waals surface area contributed by atoms with Gasteiger partial charge in [0.15, 0.2) is 6.10 Å². The summed E-state index contributed by atoms with van der Waals surface area (Å²) in [5, 5.41) is 0. The molecule has 0 saturated carbocycles. The monoisotopic (exact) mass is 250 g/mol. The molecule has 18 heavy (non-hydrogen) atoms. The van der Waals surface area contributed by atoms with Crippen molar-refractivity contribution < 1.29 is 23.8 Å². The highest BCUT2D eigenvalue weighted by molar-refractivity contribution is 5.93. The van der Waals surface area contributed by atoms with Gasteiger partial charge in [-0.25, -0.2) is 9.59 Å². The van der Waals surface area contributed by atoms with Crippen molar-refractivity contribution in [2.75, 3.05) is 13.7 Å². The molecule has 1 heterocycles. The Balaban J connectivity index is 2.30. The SMILES string of the molecule is COC(=O)c1cccc(C)c1OC1CCOC1=O. The third-order valence-corrected chi connectivity index (χ3v) is 2.76. The third-order valence-electron chi connectivity index (χ3n) is 2.76. The lowest BCUT2D eigenvalue weighted by atomic mass is 10.1. The van der Waals surface area contributed by atoms with E-state index in [0.29, 0.717) is 24.3 Å². The Morgan fingerprint density at radius 1 is 1.44 bits per heavy atom. The number of aryl methyl sites for hydroxylation is 1. The molecular formula is C13H14O5. The summed E-state index contributed by atoms with van der Waals surface area (Å²) in [6.45, 7) is 2.16. The standard InChI is InChI=1S/C13H14O5/c1-8-4-3-5-9(12(14)16-2)11(8)18-10-6-7-17-13(10)15/h3-5,10H,6-7H2,1-2H3. The number of methoxy groups -OCH3 is 1. The summed E-state index contributed by atoms with van der Waals surface area (Å²) in [7, 11) is 1.30. The summed E-state index contributed by atoms with van der Waals surface area (Å²) in [5.41, 5.74) is 1.09. The van der Waals surface area contributed by atoms with Crippen molar-refractivity contribution >= 4 is 11.9 Å². The molecule has 1 saturated heterocycles. The van der Waals surface area contributed by atoms with Crippen LogP contribution in [0, 0.1) is 6.92 Å². The highest BCUT2D eigenvalue weighted by atomic mass is 16.6. The Bertz CT molecular complexity index is 480. The van der Waals surface area contributed by atoms with Gasteiger partial charge in [-0.2, -0.15) is 0 Å². The molecule has 0 aromatic heterocycles. The number of hydrogen-bond acceptors (Lipinski definition) is 5. The van der Waals surface area contributed by atoms with Crippen LogP contribution in [0.4, 0.5) is 0 Å². The maximum Gasteiger partial charge on any atom is 0.347 e. The Morgan fingerprint density at radius 3 is 2.83 bits per heavy atom. The van der Waals surface area contributed by atoms with Crippen LogP contribution in [0.1, 0.15) is 22.3 Å². The van der Waals surface area contributed by atoms with Crippen molar-refractivity contribution in [2.45, 2.75) is 19.4 Å². The molecule has 0 radical (unpaired) electrons. The quantitative estimate of drug-likeness (QED) is 0.760. The molecular weight excluding hydrogens is 236 g/mol. The Labute approximate surface area is 105 Å². The van der Waals surface area contributed by atoms with Crippen molar-refractivity contribution in [3.63, 3.8) is 0 Å². The number of ether oxygens (including phenoxy) is 3. The molecule has 0 spiro atoms. The molecule has 1 unspecified atom stereocenters. The van der Waals surface area contributed by atoms with Crippen LogP contribution in [0.5, 0.6) is 5.75 Å². The van der Waals surface area contributed by atoms with E-state index in [0.717, 1.165) is 5.56 Å². The second-order valence-corrected chi connectivity index (χ2v) is 4.01. The van der Waals surface area contributed by atoms with E-state index in [-0.39, 0.29) is 0 Å². The van der Waals surface area contributed by atoms with Crippen molar-refractivity contribution in [3.8, 4) is 5.75 Å². The van der Waals surface area contributed by atoms with Gasteiger partial charge in [-0.1, -0.05) is 12.1 Å². The molecule has 0 bridgehead atoms. The van der Waals surface area contributed by atoms with Gasteiger partial charge < -0.3 is 14.2 Å². The van der Waals surface area contributed by atoms with E-state index >= 15 is 0 Å². The molecule has 1 aliphatic heterocycles. The van der Waals surface area contributed by atoms with E-state index < -0.39 is 18.0 Å². The first-order chi connectivity index (χ1) is 8.63. The van der Waals surface area contributed by atoms with E-state index in [9.17, 15) is 9.59 Å². The Hall–Kier alpha value is -2.04. The summed E-state index contributed by atoms with van der Waals surface area (Å²) in [6, 6.07) is 5.15. The lowest BCUT2D eigenvalue weighted by Gasteiger charge is -2.15. The van der Waals surface area contributed by atoms with Gasteiger partial charge in [0, 0.05) is 6.42 Å². The number of hydrogen-bond donors (Lipinski definition) is 0. The topological polar surface area (TPSA) is 61.8 Å². The Morgan fingerprint density at radius 2 is 2.22 bits per heavy atom. The molecule has 2 rings (SSSR count). The number of rotatable bonds is 3. The summed E-state index contributed by atoms with van der Waals surface area (Å²) in [5.74, 6) is -0.498. The van der Waals surface area contributed by atoms with Crippen LogP contribution < -0.4 is 4.74 Å². The van der Waals surface area contributed by atoms with E-state index in [1.807, 2.05) is 13.0 Å². The number of esters is 2. The average molecular weight is 250 g/mol. The molecule has 5 heteroatoms. The molecule has 1 fully saturated rings. The highest BCUT2D eigenvalue weighted by Gasteiger charge is 2.30. The molecule has 0 N–H and O–H groups in total. The molecule has 1 atom stereocenters. The predicted octanol–water partition coefficient (Wildman–Crippen LogP) is 1.48. The van der Waals surface area contributed by atoms with Crippen LogP contribution in [0.3, 0.4) is 0 Å². The minimum atomic E-state index is -0.644. The minimum absolute atomic E-state index is 0.317. The van der Waals surface area contributed by atoms with E-state index in [1.165, 1.54) is 7.11 Å². The zero-order valence-electron chi connectivity index (χ0n) is 10.3. The number of carbonyl (C=O) groups excluding carboxylic acids is 2. The second-order valence-electron chi connectivity index (χ2n) is 4.01. The normalized spacial score (nSPS) is 18.3. The van der Waals surface area contributed by atoms with Crippen molar-refractivity contribution in [1.29, 1.82) is 0 Å². The van der Waals surface area contributed by atoms with Crippen molar-refractivity contribution in [3.05, 3.63) is 29.3 Å². The maximum atomic E-state index is 11.6. The minimum Gasteiger partial charge on any atom is -0.477 e. The molecule has 1 aromatic rings. The fraction of sp³-hybridized carbons (Fsp3) is 0.385. The van der Waals surface area contributed by atoms with Gasteiger partial charge in [-0.15, -0.1) is 0 Å². The predicted molar refractivity (Wildman–Crippen MR) is 62.5 cm³/mol. The molecule has 5 nitrogen and oxygen atoms in total. The van der Waals surface area contributed by atoms with Crippen LogP contribution in [-0.4, -0.2) is 31.8 Å². The molecule has 0 amide bonds. The van der Waals surface area contributed by atoms with Crippen LogP contribution in [0.2, 0.25) is 0 Å². The average Bonchev–Trinajstić information content (AvgIpc) is 2.76. The fourth-order valence-electron chi connectivity index (χ4n) is 1.81. The largest absolute Gasteiger partial charge is 0.477 e. The smallest absolute Gasteiger partial charge is 0.347 e. The maximum absolute atomic E-state index is 11.6. The summed E-state index contributed by atoms with van der Waals surface area (Å²) >= 11 is 0. The van der Waals surface area contributed by atoms with E-state index in [1.54, 1.807) is 12.1 Å². The van der Waals surface area contributed by atoms with Crippen molar-refractivity contribution in [2.24, 2.45) is 0 Å². The first-order valence-corrected chi connectivity index (χ1v) is 5.64. The Kier molecular flexibility index (Phi) is 3.50. The van der Waals surface area contributed by atoms with Crippen LogP contribution >= 0.6 is 0 Å². The fourth-order valence-corrected chi connectivity index (χ4v) is 1.81. The van der Waals surface area contributed by atoms with Gasteiger partial charge in [0.05, 0.1) is 13.7 Å². The highest BCUT2D eigenvalue weighted by Crippen LogP contribution is 2.27. The van der Waals surface area contributed by atoms with Gasteiger partial charge in [0.2, 0.25) is 0 Å². The first-order valence-electron chi connectivity index (χ1n) is 5.64. The third kappa shape index (κ3) is 2.30. The van der Waals surface area contributed by atoms with E-state index in [4.69, 9.17) is 9.47 Å². The van der Waals surface area contributed by atoms with E-state index in [2.05, 4.69) is 4.74 Å². The van der Waals surface area contributed by atoms with Gasteiger partial charge in [-0.05, 0) is 18.6 Å². The number of benzene rings is 1. The van der Waals surface area contributed by atoms with Gasteiger partial charge in [-0.3, -0.25) is 0 Å². The molecule has 96 valence electrons. The van der Waals surface area contributed by atoms with Gasteiger partial charge in [0.1, 0.15) is 11.3 Å². The van der Waals surface area contributed by atoms with Crippen LogP contribution in [0.15, 0.2) is 18.2 Å². The first kappa shape index (κ1) is 12.4. The lowest BCUT2D eigenvalue weighted by molar-refractivity contribution is -0.143.